The molecule has 0 amide bonds. The lowest BCUT2D eigenvalue weighted by Gasteiger charge is -2.07. The molecule has 0 atom stereocenters. The first-order valence-corrected chi connectivity index (χ1v) is 7.09. The van der Waals surface area contributed by atoms with Gasteiger partial charge in [0.15, 0.2) is 0 Å². The van der Waals surface area contributed by atoms with Gasteiger partial charge in [-0.15, -0.1) is 11.3 Å². The van der Waals surface area contributed by atoms with Crippen LogP contribution in [0.1, 0.15) is 5.56 Å². The number of halogens is 1. The first kappa shape index (κ1) is 12.8. The van der Waals surface area contributed by atoms with Crippen LogP contribution in [0.5, 0.6) is 0 Å². The smallest absolute Gasteiger partial charge is 0.223 e. The number of benzene rings is 1. The Morgan fingerprint density at radius 2 is 1.95 bits per heavy atom. The van der Waals surface area contributed by atoms with Crippen molar-refractivity contribution < 1.29 is 4.39 Å². The highest BCUT2D eigenvalue weighted by atomic mass is 32.1. The zero-order valence-electron chi connectivity index (χ0n) is 10.6. The molecule has 2 heterocycles. The standard InChI is InChI=1S/C14H13FN4S/c15-10-3-1-9(2-4-10)5-7-17-12-11-6-8-20-13(11)19-14(16)18-12/h1-4,6,8H,5,7H2,(H3,16,17,18,19). The number of fused-ring (bicyclic) bond motifs is 1. The number of hydrogen-bond donors (Lipinski definition) is 2. The molecule has 6 heteroatoms. The maximum atomic E-state index is 12.8. The van der Waals surface area contributed by atoms with Gasteiger partial charge in [0.1, 0.15) is 16.5 Å². The number of nitrogen functional groups attached to an aromatic ring is 1. The summed E-state index contributed by atoms with van der Waals surface area (Å²) in [5.74, 6) is 0.797. The van der Waals surface area contributed by atoms with Crippen LogP contribution in [0.3, 0.4) is 0 Å². The van der Waals surface area contributed by atoms with Crippen LogP contribution in [0.2, 0.25) is 0 Å². The van der Waals surface area contributed by atoms with Gasteiger partial charge in [0.2, 0.25) is 5.95 Å². The van der Waals surface area contributed by atoms with Gasteiger partial charge in [-0.25, -0.2) is 9.37 Å². The van der Waals surface area contributed by atoms with Crippen LogP contribution in [0.15, 0.2) is 35.7 Å². The molecule has 3 aromatic rings. The Hall–Kier alpha value is -2.21. The van der Waals surface area contributed by atoms with Gasteiger partial charge in [-0.2, -0.15) is 4.98 Å². The molecule has 20 heavy (non-hydrogen) atoms. The molecule has 0 spiro atoms. The lowest BCUT2D eigenvalue weighted by atomic mass is 10.1. The predicted molar refractivity (Wildman–Crippen MR) is 80.4 cm³/mol. The quantitative estimate of drug-likeness (QED) is 0.774. The van der Waals surface area contributed by atoms with E-state index in [9.17, 15) is 4.39 Å². The summed E-state index contributed by atoms with van der Waals surface area (Å²) in [4.78, 5) is 9.27. The molecule has 3 N–H and O–H groups in total. The van der Waals surface area contributed by atoms with Crippen LogP contribution in [-0.2, 0) is 6.42 Å². The maximum absolute atomic E-state index is 12.8. The predicted octanol–water partition coefficient (Wildman–Crippen LogP) is 3.07. The normalized spacial score (nSPS) is 10.8. The van der Waals surface area contributed by atoms with Gasteiger partial charge >= 0.3 is 0 Å². The monoisotopic (exact) mass is 288 g/mol. The van der Waals surface area contributed by atoms with Gasteiger partial charge in [-0.1, -0.05) is 12.1 Å². The highest BCUT2D eigenvalue weighted by Gasteiger charge is 2.06. The summed E-state index contributed by atoms with van der Waals surface area (Å²) in [6.45, 7) is 0.701. The van der Waals surface area contributed by atoms with Crippen molar-refractivity contribution in [3.63, 3.8) is 0 Å². The molecule has 1 aromatic carbocycles. The minimum Gasteiger partial charge on any atom is -0.369 e. The fourth-order valence-corrected chi connectivity index (χ4v) is 2.75. The van der Waals surface area contributed by atoms with Crippen LogP contribution < -0.4 is 11.1 Å². The Labute approximate surface area is 119 Å². The van der Waals surface area contributed by atoms with Crippen LogP contribution in [0.4, 0.5) is 16.2 Å². The van der Waals surface area contributed by atoms with Crippen LogP contribution in [0.25, 0.3) is 10.2 Å². The molecule has 2 aromatic heterocycles. The van der Waals surface area contributed by atoms with Crippen molar-refractivity contribution in [1.29, 1.82) is 0 Å². The number of anilines is 2. The number of aromatic nitrogens is 2. The minimum atomic E-state index is -0.217. The highest BCUT2D eigenvalue weighted by Crippen LogP contribution is 2.25. The highest BCUT2D eigenvalue weighted by molar-refractivity contribution is 7.16. The Balaban J connectivity index is 1.70. The Kier molecular flexibility index (Phi) is 3.47. The van der Waals surface area contributed by atoms with E-state index in [1.54, 1.807) is 12.1 Å². The first-order valence-electron chi connectivity index (χ1n) is 6.21. The second-order valence-electron chi connectivity index (χ2n) is 4.37. The summed E-state index contributed by atoms with van der Waals surface area (Å²) in [7, 11) is 0. The summed E-state index contributed by atoms with van der Waals surface area (Å²) >= 11 is 1.53. The van der Waals surface area contributed by atoms with E-state index in [0.717, 1.165) is 28.0 Å². The summed E-state index contributed by atoms with van der Waals surface area (Å²) in [6, 6.07) is 8.47. The molecular weight excluding hydrogens is 275 g/mol. The molecule has 3 rings (SSSR count). The maximum Gasteiger partial charge on any atom is 0.223 e. The molecule has 0 unspecified atom stereocenters. The van der Waals surface area contributed by atoms with Crippen molar-refractivity contribution in [3.05, 3.63) is 47.1 Å². The fourth-order valence-electron chi connectivity index (χ4n) is 1.98. The van der Waals surface area contributed by atoms with E-state index in [0.29, 0.717) is 6.54 Å². The van der Waals surface area contributed by atoms with E-state index in [1.807, 2.05) is 11.4 Å². The van der Waals surface area contributed by atoms with Gasteiger partial charge < -0.3 is 11.1 Å². The fraction of sp³-hybridized carbons (Fsp3) is 0.143. The lowest BCUT2D eigenvalue weighted by Crippen LogP contribution is -2.08. The summed E-state index contributed by atoms with van der Waals surface area (Å²) in [5, 5.41) is 6.20. The topological polar surface area (TPSA) is 63.8 Å². The summed E-state index contributed by atoms with van der Waals surface area (Å²) in [5.41, 5.74) is 6.76. The molecular formula is C14H13FN4S. The first-order chi connectivity index (χ1) is 9.72. The molecule has 0 aliphatic carbocycles. The second-order valence-corrected chi connectivity index (χ2v) is 5.27. The van der Waals surface area contributed by atoms with Gasteiger partial charge in [0.25, 0.3) is 0 Å². The molecule has 0 aliphatic heterocycles. The number of nitrogens with one attached hydrogen (secondary N) is 1. The van der Waals surface area contributed by atoms with E-state index in [-0.39, 0.29) is 11.8 Å². The minimum absolute atomic E-state index is 0.217. The third-order valence-electron chi connectivity index (χ3n) is 2.96. The number of nitrogens with zero attached hydrogens (tertiary/aromatic N) is 2. The van der Waals surface area contributed by atoms with E-state index in [1.165, 1.54) is 23.5 Å². The van der Waals surface area contributed by atoms with Gasteiger partial charge in [-0.05, 0) is 35.6 Å². The van der Waals surface area contributed by atoms with Crippen LogP contribution in [-0.4, -0.2) is 16.5 Å². The van der Waals surface area contributed by atoms with Gasteiger partial charge in [0, 0.05) is 6.54 Å². The second kappa shape index (κ2) is 5.42. The third-order valence-corrected chi connectivity index (χ3v) is 3.77. The number of nitrogens with two attached hydrogens (primary N) is 1. The zero-order chi connectivity index (χ0) is 13.9. The van der Waals surface area contributed by atoms with Gasteiger partial charge in [0.05, 0.1) is 5.39 Å². The van der Waals surface area contributed by atoms with E-state index < -0.39 is 0 Å². The molecule has 0 bridgehead atoms. The Morgan fingerprint density at radius 1 is 1.15 bits per heavy atom. The molecule has 0 aliphatic rings. The van der Waals surface area contributed by atoms with Crippen molar-refractivity contribution in [2.45, 2.75) is 6.42 Å². The molecule has 0 radical (unpaired) electrons. The van der Waals surface area contributed by atoms with E-state index >= 15 is 0 Å². The summed E-state index contributed by atoms with van der Waals surface area (Å²) in [6.07, 6.45) is 0.788. The number of thiophene rings is 1. The Morgan fingerprint density at radius 3 is 2.75 bits per heavy atom. The SMILES string of the molecule is Nc1nc(NCCc2ccc(F)cc2)c2ccsc2n1. The molecule has 4 nitrogen and oxygen atoms in total. The van der Waals surface area contributed by atoms with E-state index in [2.05, 4.69) is 15.3 Å². The van der Waals surface area contributed by atoms with Crippen molar-refractivity contribution in [1.82, 2.24) is 9.97 Å². The Bertz CT molecular complexity index is 724. The molecule has 102 valence electrons. The largest absolute Gasteiger partial charge is 0.369 e. The van der Waals surface area contributed by atoms with Gasteiger partial charge in [-0.3, -0.25) is 0 Å². The lowest BCUT2D eigenvalue weighted by molar-refractivity contribution is 0.627. The zero-order valence-corrected chi connectivity index (χ0v) is 11.5. The molecule has 0 fully saturated rings. The summed E-state index contributed by atoms with van der Waals surface area (Å²) < 4.78 is 12.8. The third kappa shape index (κ3) is 2.70. The van der Waals surface area contributed by atoms with Crippen molar-refractivity contribution in [3.8, 4) is 0 Å². The van der Waals surface area contributed by atoms with Crippen molar-refractivity contribution in [2.75, 3.05) is 17.6 Å². The number of rotatable bonds is 4. The van der Waals surface area contributed by atoms with Crippen LogP contribution in [0, 0.1) is 5.82 Å². The number of hydrogen-bond acceptors (Lipinski definition) is 5. The van der Waals surface area contributed by atoms with Crippen molar-refractivity contribution >= 4 is 33.3 Å². The van der Waals surface area contributed by atoms with Crippen molar-refractivity contribution in [2.24, 2.45) is 0 Å². The average Bonchev–Trinajstić information content (AvgIpc) is 2.89. The van der Waals surface area contributed by atoms with E-state index in [4.69, 9.17) is 5.73 Å². The molecule has 0 saturated carbocycles. The van der Waals surface area contributed by atoms with Crippen LogP contribution >= 0.6 is 11.3 Å². The average molecular weight is 288 g/mol. The molecule has 0 saturated heterocycles.